The van der Waals surface area contributed by atoms with Gasteiger partial charge in [0, 0.05) is 25.6 Å². The Morgan fingerprint density at radius 2 is 1.77 bits per heavy atom. The predicted molar refractivity (Wildman–Crippen MR) is 105 cm³/mol. The van der Waals surface area contributed by atoms with Gasteiger partial charge < -0.3 is 4.74 Å². The molecule has 138 valence electrons. The van der Waals surface area contributed by atoms with Crippen molar-refractivity contribution >= 4 is 0 Å². The minimum atomic E-state index is 0.242. The van der Waals surface area contributed by atoms with Crippen molar-refractivity contribution in [2.45, 2.75) is 45.6 Å². The standard InChI is InChI=1S/C22H28N2O2/c1-17-15-20(19-8-11-23-12-9-19)16-18(2)22(17)25-14-6-4-5-7-21-10-13-24(3)26-21/h8-13,15-16,21H,4-7,14H2,1-3H3. The molecule has 0 aliphatic carbocycles. The third kappa shape index (κ3) is 4.85. The number of pyridine rings is 1. The molecule has 0 amide bonds. The van der Waals surface area contributed by atoms with Crippen LogP contribution in [-0.4, -0.2) is 29.8 Å². The van der Waals surface area contributed by atoms with Gasteiger partial charge in [0.2, 0.25) is 0 Å². The third-order valence-corrected chi connectivity index (χ3v) is 4.67. The first-order valence-corrected chi connectivity index (χ1v) is 9.36. The molecule has 0 radical (unpaired) electrons. The van der Waals surface area contributed by atoms with Gasteiger partial charge in [0.25, 0.3) is 0 Å². The summed E-state index contributed by atoms with van der Waals surface area (Å²) in [5, 5.41) is 1.77. The lowest BCUT2D eigenvalue weighted by Crippen LogP contribution is -2.13. The van der Waals surface area contributed by atoms with E-state index >= 15 is 0 Å². The van der Waals surface area contributed by atoms with E-state index in [0.717, 1.165) is 38.0 Å². The Bertz CT molecular complexity index is 720. The average molecular weight is 352 g/mol. The number of ether oxygens (including phenoxy) is 1. The van der Waals surface area contributed by atoms with Gasteiger partial charge in [0.05, 0.1) is 6.61 Å². The van der Waals surface area contributed by atoms with Crippen LogP contribution in [0.2, 0.25) is 0 Å². The molecule has 4 heteroatoms. The zero-order valence-corrected chi connectivity index (χ0v) is 15.9. The number of hydrogen-bond donors (Lipinski definition) is 0. The monoisotopic (exact) mass is 352 g/mol. The van der Waals surface area contributed by atoms with Crippen LogP contribution in [0.4, 0.5) is 0 Å². The number of unbranched alkanes of at least 4 members (excludes halogenated alkanes) is 2. The van der Waals surface area contributed by atoms with Crippen molar-refractivity contribution in [1.82, 2.24) is 10.0 Å². The third-order valence-electron chi connectivity index (χ3n) is 4.67. The van der Waals surface area contributed by atoms with Gasteiger partial charge in [-0.2, -0.15) is 0 Å². The molecule has 3 rings (SSSR count). The van der Waals surface area contributed by atoms with E-state index in [2.05, 4.69) is 37.0 Å². The van der Waals surface area contributed by atoms with Gasteiger partial charge in [-0.05, 0) is 85.7 Å². The summed E-state index contributed by atoms with van der Waals surface area (Å²) < 4.78 is 6.08. The summed E-state index contributed by atoms with van der Waals surface area (Å²) in [5.41, 5.74) is 4.77. The summed E-state index contributed by atoms with van der Waals surface area (Å²) in [4.78, 5) is 9.69. The summed E-state index contributed by atoms with van der Waals surface area (Å²) in [5.74, 6) is 1.02. The maximum absolute atomic E-state index is 6.08. The highest BCUT2D eigenvalue weighted by molar-refractivity contribution is 5.66. The van der Waals surface area contributed by atoms with Gasteiger partial charge in [-0.1, -0.05) is 6.42 Å². The van der Waals surface area contributed by atoms with E-state index in [0.29, 0.717) is 0 Å². The zero-order chi connectivity index (χ0) is 18.4. The van der Waals surface area contributed by atoms with Crippen LogP contribution in [-0.2, 0) is 4.84 Å². The molecule has 2 heterocycles. The molecule has 0 fully saturated rings. The minimum Gasteiger partial charge on any atom is -0.493 e. The molecule has 1 aliphatic heterocycles. The zero-order valence-electron chi connectivity index (χ0n) is 15.9. The van der Waals surface area contributed by atoms with Gasteiger partial charge >= 0.3 is 0 Å². The summed E-state index contributed by atoms with van der Waals surface area (Å²) >= 11 is 0. The van der Waals surface area contributed by atoms with E-state index in [9.17, 15) is 0 Å². The quantitative estimate of drug-likeness (QED) is 0.622. The van der Waals surface area contributed by atoms with Crippen LogP contribution in [0.1, 0.15) is 36.8 Å². The maximum atomic E-state index is 6.08. The van der Waals surface area contributed by atoms with E-state index in [1.165, 1.54) is 22.3 Å². The summed E-state index contributed by atoms with van der Waals surface area (Å²) in [6.07, 6.45) is 12.4. The molecule has 26 heavy (non-hydrogen) atoms. The number of hydroxylamine groups is 2. The molecule has 1 aliphatic rings. The lowest BCUT2D eigenvalue weighted by molar-refractivity contribution is -0.112. The van der Waals surface area contributed by atoms with Crippen LogP contribution in [0.3, 0.4) is 0 Å². The van der Waals surface area contributed by atoms with Crippen molar-refractivity contribution in [3.05, 3.63) is 60.1 Å². The van der Waals surface area contributed by atoms with E-state index in [4.69, 9.17) is 9.57 Å². The largest absolute Gasteiger partial charge is 0.493 e. The number of aryl methyl sites for hydroxylation is 2. The Hall–Kier alpha value is -2.33. The lowest BCUT2D eigenvalue weighted by Gasteiger charge is -2.15. The van der Waals surface area contributed by atoms with E-state index < -0.39 is 0 Å². The first-order chi connectivity index (χ1) is 12.6. The van der Waals surface area contributed by atoms with Crippen molar-refractivity contribution in [2.75, 3.05) is 13.7 Å². The Labute approximate surface area is 156 Å². The van der Waals surface area contributed by atoms with Gasteiger partial charge in [-0.15, -0.1) is 0 Å². The number of rotatable bonds is 8. The molecule has 0 bridgehead atoms. The molecule has 0 N–H and O–H groups in total. The van der Waals surface area contributed by atoms with Crippen molar-refractivity contribution < 1.29 is 9.57 Å². The van der Waals surface area contributed by atoms with Crippen molar-refractivity contribution in [3.8, 4) is 16.9 Å². The molecule has 0 saturated heterocycles. The highest BCUT2D eigenvalue weighted by Crippen LogP contribution is 2.30. The van der Waals surface area contributed by atoms with E-state index in [1.54, 1.807) is 5.06 Å². The molecule has 2 aromatic rings. The molecular weight excluding hydrogens is 324 g/mol. The second kappa shape index (κ2) is 8.86. The summed E-state index contributed by atoms with van der Waals surface area (Å²) in [7, 11) is 1.93. The Morgan fingerprint density at radius 3 is 2.42 bits per heavy atom. The molecule has 0 spiro atoms. The van der Waals surface area contributed by atoms with Gasteiger partial charge in [-0.3, -0.25) is 14.9 Å². The Balaban J connectivity index is 1.45. The second-order valence-electron chi connectivity index (χ2n) is 6.90. The number of nitrogens with zero attached hydrogens (tertiary/aromatic N) is 2. The van der Waals surface area contributed by atoms with E-state index in [-0.39, 0.29) is 6.10 Å². The fourth-order valence-corrected chi connectivity index (χ4v) is 3.34. The van der Waals surface area contributed by atoms with Crippen LogP contribution >= 0.6 is 0 Å². The average Bonchev–Trinajstić information content (AvgIpc) is 3.05. The first kappa shape index (κ1) is 18.5. The van der Waals surface area contributed by atoms with Crippen molar-refractivity contribution in [2.24, 2.45) is 0 Å². The molecule has 1 atom stereocenters. The first-order valence-electron chi connectivity index (χ1n) is 9.36. The highest BCUT2D eigenvalue weighted by atomic mass is 16.7. The van der Waals surface area contributed by atoms with Crippen molar-refractivity contribution in [1.29, 1.82) is 0 Å². The summed E-state index contributed by atoms with van der Waals surface area (Å²) in [6.45, 7) is 5.00. The second-order valence-corrected chi connectivity index (χ2v) is 6.90. The molecule has 1 unspecified atom stereocenters. The lowest BCUT2D eigenvalue weighted by atomic mass is 10.0. The van der Waals surface area contributed by atoms with Gasteiger partial charge in [0.15, 0.2) is 0 Å². The molecule has 1 aromatic heterocycles. The van der Waals surface area contributed by atoms with Crippen LogP contribution < -0.4 is 4.74 Å². The number of benzene rings is 1. The Morgan fingerprint density at radius 1 is 1.04 bits per heavy atom. The van der Waals surface area contributed by atoms with Crippen LogP contribution in [0, 0.1) is 13.8 Å². The van der Waals surface area contributed by atoms with Crippen LogP contribution in [0.15, 0.2) is 48.9 Å². The van der Waals surface area contributed by atoms with Gasteiger partial charge in [0.1, 0.15) is 11.9 Å². The topological polar surface area (TPSA) is 34.6 Å². The van der Waals surface area contributed by atoms with Crippen LogP contribution in [0.25, 0.3) is 11.1 Å². The predicted octanol–water partition coefficient (Wildman–Crippen LogP) is 5.06. The highest BCUT2D eigenvalue weighted by Gasteiger charge is 2.13. The van der Waals surface area contributed by atoms with E-state index in [1.807, 2.05) is 37.8 Å². The molecule has 4 nitrogen and oxygen atoms in total. The molecular formula is C22H28N2O2. The smallest absolute Gasteiger partial charge is 0.125 e. The maximum Gasteiger partial charge on any atom is 0.125 e. The fourth-order valence-electron chi connectivity index (χ4n) is 3.34. The Kier molecular flexibility index (Phi) is 6.29. The SMILES string of the molecule is Cc1cc(-c2ccncc2)cc(C)c1OCCCCCC1C=CN(C)O1. The minimum absolute atomic E-state index is 0.242. The summed E-state index contributed by atoms with van der Waals surface area (Å²) in [6, 6.07) is 8.46. The van der Waals surface area contributed by atoms with Crippen LogP contribution in [0.5, 0.6) is 5.75 Å². The number of aromatic nitrogens is 1. The molecule has 1 aromatic carbocycles. The van der Waals surface area contributed by atoms with Gasteiger partial charge in [-0.25, -0.2) is 0 Å². The van der Waals surface area contributed by atoms with Crippen molar-refractivity contribution in [3.63, 3.8) is 0 Å². The normalized spacial score (nSPS) is 16.3. The number of hydrogen-bond acceptors (Lipinski definition) is 4. The fraction of sp³-hybridized carbons (Fsp3) is 0.409. The molecule has 0 saturated carbocycles.